The van der Waals surface area contributed by atoms with Crippen LogP contribution < -0.4 is 15.1 Å². The standard InChI is InChI=1S/C24H31N3O/c1-16-12-13-26(15-16)21-10-11-23-22(14-21)24(25-20-8-6-5-7-9-20)17(2)18(3)27(23)19(4)28/h5-11,14,16-18,24-25H,12-13,15H2,1-4H3/t16?,17?,18-,24?/m0/s1. The summed E-state index contributed by atoms with van der Waals surface area (Å²) in [6.45, 7) is 10.6. The number of benzene rings is 2. The molecule has 2 aliphatic heterocycles. The Balaban J connectivity index is 1.76. The highest BCUT2D eigenvalue weighted by Gasteiger charge is 2.38. The third kappa shape index (κ3) is 3.36. The lowest BCUT2D eigenvalue weighted by atomic mass is 9.82. The molecule has 28 heavy (non-hydrogen) atoms. The number of hydrogen-bond acceptors (Lipinski definition) is 3. The van der Waals surface area contributed by atoms with Gasteiger partial charge in [0.05, 0.1) is 6.04 Å². The average molecular weight is 378 g/mol. The number of rotatable bonds is 3. The zero-order valence-corrected chi connectivity index (χ0v) is 17.4. The maximum absolute atomic E-state index is 12.5. The van der Waals surface area contributed by atoms with Gasteiger partial charge in [0.2, 0.25) is 5.91 Å². The monoisotopic (exact) mass is 377 g/mol. The van der Waals surface area contributed by atoms with E-state index in [0.717, 1.165) is 30.4 Å². The maximum Gasteiger partial charge on any atom is 0.224 e. The molecule has 1 amide bonds. The number of anilines is 3. The molecule has 1 N–H and O–H groups in total. The molecule has 2 heterocycles. The van der Waals surface area contributed by atoms with Crippen molar-refractivity contribution in [2.45, 2.75) is 46.2 Å². The fourth-order valence-corrected chi connectivity index (χ4v) is 4.77. The summed E-state index contributed by atoms with van der Waals surface area (Å²) in [5.74, 6) is 1.15. The first-order valence-corrected chi connectivity index (χ1v) is 10.5. The van der Waals surface area contributed by atoms with E-state index in [1.165, 1.54) is 17.7 Å². The van der Waals surface area contributed by atoms with Crippen molar-refractivity contribution in [3.63, 3.8) is 0 Å². The molecule has 0 bridgehead atoms. The summed E-state index contributed by atoms with van der Waals surface area (Å²) in [4.78, 5) is 16.9. The first-order chi connectivity index (χ1) is 13.5. The lowest BCUT2D eigenvalue weighted by Crippen LogP contribution is -2.48. The smallest absolute Gasteiger partial charge is 0.224 e. The average Bonchev–Trinajstić information content (AvgIpc) is 3.12. The van der Waals surface area contributed by atoms with Crippen LogP contribution in [0.15, 0.2) is 48.5 Å². The molecule has 3 unspecified atom stereocenters. The predicted molar refractivity (Wildman–Crippen MR) is 117 cm³/mol. The van der Waals surface area contributed by atoms with Crippen LogP contribution in [-0.4, -0.2) is 25.0 Å². The van der Waals surface area contributed by atoms with E-state index in [1.807, 2.05) is 11.0 Å². The lowest BCUT2D eigenvalue weighted by Gasteiger charge is -2.44. The largest absolute Gasteiger partial charge is 0.378 e. The minimum Gasteiger partial charge on any atom is -0.378 e. The first-order valence-electron chi connectivity index (χ1n) is 10.5. The van der Waals surface area contributed by atoms with Gasteiger partial charge in [0.25, 0.3) is 0 Å². The number of amides is 1. The van der Waals surface area contributed by atoms with Crippen LogP contribution in [0, 0.1) is 11.8 Å². The third-order valence-corrected chi connectivity index (χ3v) is 6.52. The minimum absolute atomic E-state index is 0.112. The molecule has 4 rings (SSSR count). The number of carbonyl (C=O) groups excluding carboxylic acids is 1. The number of para-hydroxylation sites is 1. The Kier molecular flexibility index (Phi) is 5.05. The zero-order chi connectivity index (χ0) is 19.8. The van der Waals surface area contributed by atoms with E-state index in [9.17, 15) is 4.79 Å². The van der Waals surface area contributed by atoms with Crippen molar-refractivity contribution < 1.29 is 4.79 Å². The number of hydrogen-bond donors (Lipinski definition) is 1. The second-order valence-electron chi connectivity index (χ2n) is 8.56. The van der Waals surface area contributed by atoms with E-state index in [-0.39, 0.29) is 18.0 Å². The van der Waals surface area contributed by atoms with Crippen LogP contribution in [0.1, 0.15) is 45.7 Å². The highest BCUT2D eigenvalue weighted by Crippen LogP contribution is 2.44. The molecule has 2 aromatic carbocycles. The molecule has 2 aromatic rings. The molecule has 4 nitrogen and oxygen atoms in total. The van der Waals surface area contributed by atoms with Crippen LogP contribution in [0.5, 0.6) is 0 Å². The molecule has 0 aliphatic carbocycles. The zero-order valence-electron chi connectivity index (χ0n) is 17.4. The molecule has 1 fully saturated rings. The van der Waals surface area contributed by atoms with Gasteiger partial charge in [0, 0.05) is 54.6 Å². The Morgan fingerprint density at radius 2 is 1.82 bits per heavy atom. The van der Waals surface area contributed by atoms with Crippen molar-refractivity contribution in [2.75, 3.05) is 28.2 Å². The summed E-state index contributed by atoms with van der Waals surface area (Å²) < 4.78 is 0. The Hall–Kier alpha value is -2.49. The van der Waals surface area contributed by atoms with Gasteiger partial charge in [0.1, 0.15) is 0 Å². The second kappa shape index (κ2) is 7.50. The summed E-state index contributed by atoms with van der Waals surface area (Å²) >= 11 is 0. The highest BCUT2D eigenvalue weighted by molar-refractivity contribution is 5.94. The number of fused-ring (bicyclic) bond motifs is 1. The van der Waals surface area contributed by atoms with Crippen LogP contribution in [-0.2, 0) is 4.79 Å². The molecule has 148 valence electrons. The number of nitrogens with zero attached hydrogens (tertiary/aromatic N) is 2. The van der Waals surface area contributed by atoms with Gasteiger partial charge in [-0.25, -0.2) is 0 Å². The molecule has 0 radical (unpaired) electrons. The molecular weight excluding hydrogens is 346 g/mol. The third-order valence-electron chi connectivity index (χ3n) is 6.52. The summed E-state index contributed by atoms with van der Waals surface area (Å²) in [7, 11) is 0. The van der Waals surface area contributed by atoms with E-state index in [1.54, 1.807) is 6.92 Å². The van der Waals surface area contributed by atoms with Gasteiger partial charge in [-0.2, -0.15) is 0 Å². The quantitative estimate of drug-likeness (QED) is 0.810. The van der Waals surface area contributed by atoms with Gasteiger partial charge < -0.3 is 15.1 Å². The van der Waals surface area contributed by atoms with Crippen molar-refractivity contribution in [1.29, 1.82) is 0 Å². The van der Waals surface area contributed by atoms with Gasteiger partial charge in [-0.1, -0.05) is 32.0 Å². The predicted octanol–water partition coefficient (Wildman–Crippen LogP) is 5.08. The van der Waals surface area contributed by atoms with Gasteiger partial charge in [-0.05, 0) is 49.6 Å². The first kappa shape index (κ1) is 18.9. The topological polar surface area (TPSA) is 35.6 Å². The van der Waals surface area contributed by atoms with Crippen LogP contribution in [0.25, 0.3) is 0 Å². The Bertz CT molecular complexity index is 850. The molecule has 0 spiro atoms. The summed E-state index contributed by atoms with van der Waals surface area (Å²) in [5.41, 5.74) is 4.66. The molecule has 2 aliphatic rings. The minimum atomic E-state index is 0.112. The van der Waals surface area contributed by atoms with Gasteiger partial charge >= 0.3 is 0 Å². The van der Waals surface area contributed by atoms with Gasteiger partial charge in [-0.15, -0.1) is 0 Å². The molecule has 1 saturated heterocycles. The van der Waals surface area contributed by atoms with Gasteiger partial charge in [-0.3, -0.25) is 4.79 Å². The van der Waals surface area contributed by atoms with Crippen molar-refractivity contribution >= 4 is 23.0 Å². The van der Waals surface area contributed by atoms with E-state index in [0.29, 0.717) is 5.92 Å². The SMILES string of the molecule is CC(=O)N1c2ccc(N3CCC(C)C3)cc2C(Nc2ccccc2)C(C)[C@@H]1C. The van der Waals surface area contributed by atoms with E-state index >= 15 is 0 Å². The molecule has 4 heteroatoms. The van der Waals surface area contributed by atoms with Crippen molar-refractivity contribution in [1.82, 2.24) is 0 Å². The molecule has 0 aromatic heterocycles. The lowest BCUT2D eigenvalue weighted by molar-refractivity contribution is -0.117. The van der Waals surface area contributed by atoms with Crippen molar-refractivity contribution in [3.8, 4) is 0 Å². The fourth-order valence-electron chi connectivity index (χ4n) is 4.77. The van der Waals surface area contributed by atoms with Crippen LogP contribution in [0.4, 0.5) is 17.1 Å². The van der Waals surface area contributed by atoms with Crippen molar-refractivity contribution in [2.24, 2.45) is 11.8 Å². The normalized spacial score (nSPS) is 26.9. The fraction of sp³-hybridized carbons (Fsp3) is 0.458. The molecule has 0 saturated carbocycles. The summed E-state index contributed by atoms with van der Waals surface area (Å²) in [5, 5.41) is 3.75. The number of carbonyl (C=O) groups is 1. The number of nitrogens with one attached hydrogen (secondary N) is 1. The molecule has 4 atom stereocenters. The Morgan fingerprint density at radius 3 is 2.46 bits per heavy atom. The second-order valence-corrected chi connectivity index (χ2v) is 8.56. The molecular formula is C24H31N3O. The van der Waals surface area contributed by atoms with E-state index in [2.05, 4.69) is 73.5 Å². The van der Waals surface area contributed by atoms with E-state index in [4.69, 9.17) is 0 Å². The Labute approximate surface area is 168 Å². The van der Waals surface area contributed by atoms with Crippen LogP contribution >= 0.6 is 0 Å². The summed E-state index contributed by atoms with van der Waals surface area (Å²) in [6, 6.07) is 17.3. The van der Waals surface area contributed by atoms with Gasteiger partial charge in [0.15, 0.2) is 0 Å². The Morgan fingerprint density at radius 1 is 1.07 bits per heavy atom. The highest BCUT2D eigenvalue weighted by atomic mass is 16.2. The maximum atomic E-state index is 12.5. The van der Waals surface area contributed by atoms with Crippen LogP contribution in [0.2, 0.25) is 0 Å². The van der Waals surface area contributed by atoms with E-state index < -0.39 is 0 Å². The summed E-state index contributed by atoms with van der Waals surface area (Å²) in [6.07, 6.45) is 1.25. The van der Waals surface area contributed by atoms with Crippen molar-refractivity contribution in [3.05, 3.63) is 54.1 Å². The van der Waals surface area contributed by atoms with Crippen LogP contribution in [0.3, 0.4) is 0 Å².